The Labute approximate surface area is 180 Å². The first-order valence-corrected chi connectivity index (χ1v) is 10.6. The van der Waals surface area contributed by atoms with Crippen molar-refractivity contribution in [1.29, 1.82) is 0 Å². The van der Waals surface area contributed by atoms with Gasteiger partial charge >= 0.3 is 6.18 Å². The molecule has 1 N–H and O–H groups in total. The maximum Gasteiger partial charge on any atom is 0.416 e. The van der Waals surface area contributed by atoms with Crippen LogP contribution in [-0.4, -0.2) is 35.7 Å². The van der Waals surface area contributed by atoms with Gasteiger partial charge in [-0.2, -0.15) is 13.2 Å². The number of carbonyl (C=O) groups is 1. The number of alkyl halides is 3. The SMILES string of the molecule is CCCCCNC(=O)c1ccc(N2CCC(=Cc3ccccc3C(F)(F)F)CC2)nn1. The number of carbonyl (C=O) groups excluding carboxylic acids is 1. The van der Waals surface area contributed by atoms with E-state index in [0.717, 1.165) is 30.9 Å². The van der Waals surface area contributed by atoms with Gasteiger partial charge in [0.25, 0.3) is 5.91 Å². The fourth-order valence-corrected chi connectivity index (χ4v) is 3.55. The smallest absolute Gasteiger partial charge is 0.354 e. The van der Waals surface area contributed by atoms with E-state index in [4.69, 9.17) is 0 Å². The number of nitrogens with one attached hydrogen (secondary N) is 1. The number of amides is 1. The number of nitrogens with zero attached hydrogens (tertiary/aromatic N) is 3. The van der Waals surface area contributed by atoms with Gasteiger partial charge in [0.1, 0.15) is 0 Å². The molecule has 1 aliphatic heterocycles. The van der Waals surface area contributed by atoms with E-state index in [1.54, 1.807) is 24.3 Å². The Hall–Kier alpha value is -2.90. The Morgan fingerprint density at radius 3 is 2.48 bits per heavy atom. The number of aromatic nitrogens is 2. The normalized spacial score (nSPS) is 14.5. The molecular formula is C23H27F3N4O. The Bertz CT molecular complexity index is 900. The van der Waals surface area contributed by atoms with Crippen molar-refractivity contribution in [3.05, 3.63) is 58.8 Å². The molecule has 0 unspecified atom stereocenters. The van der Waals surface area contributed by atoms with Gasteiger partial charge in [-0.05, 0) is 43.0 Å². The lowest BCUT2D eigenvalue weighted by Crippen LogP contribution is -2.32. The molecule has 0 bridgehead atoms. The number of hydrogen-bond acceptors (Lipinski definition) is 4. The number of anilines is 1. The Balaban J connectivity index is 1.58. The van der Waals surface area contributed by atoms with Crippen LogP contribution in [0.5, 0.6) is 0 Å². The summed E-state index contributed by atoms with van der Waals surface area (Å²) in [5.41, 5.74) is 0.845. The molecule has 31 heavy (non-hydrogen) atoms. The standard InChI is InChI=1S/C23H27F3N4O/c1-2-3-6-13-27-22(31)20-9-10-21(29-28-20)30-14-11-17(12-15-30)16-18-7-4-5-8-19(18)23(24,25)26/h4-5,7-10,16H,2-3,6,11-15H2,1H3,(H,27,31). The average molecular weight is 432 g/mol. The van der Waals surface area contributed by atoms with Gasteiger partial charge in [-0.15, -0.1) is 10.2 Å². The van der Waals surface area contributed by atoms with Gasteiger partial charge in [0.15, 0.2) is 11.5 Å². The molecule has 1 aliphatic rings. The molecule has 1 aromatic carbocycles. The van der Waals surface area contributed by atoms with Crippen molar-refractivity contribution in [3.8, 4) is 0 Å². The van der Waals surface area contributed by atoms with Crippen molar-refractivity contribution >= 4 is 17.8 Å². The van der Waals surface area contributed by atoms with Crippen LogP contribution in [-0.2, 0) is 6.18 Å². The minimum Gasteiger partial charge on any atom is -0.354 e. The Morgan fingerprint density at radius 2 is 1.84 bits per heavy atom. The second-order valence-corrected chi connectivity index (χ2v) is 7.61. The van der Waals surface area contributed by atoms with E-state index in [0.29, 0.717) is 38.3 Å². The second kappa shape index (κ2) is 10.4. The highest BCUT2D eigenvalue weighted by atomic mass is 19.4. The van der Waals surface area contributed by atoms with Crippen LogP contribution in [0.3, 0.4) is 0 Å². The van der Waals surface area contributed by atoms with Crippen molar-refractivity contribution in [2.24, 2.45) is 0 Å². The third-order valence-electron chi connectivity index (χ3n) is 5.30. The number of benzene rings is 1. The number of rotatable bonds is 7. The van der Waals surface area contributed by atoms with Crippen LogP contribution >= 0.6 is 0 Å². The third-order valence-corrected chi connectivity index (χ3v) is 5.30. The quantitative estimate of drug-likeness (QED) is 0.619. The predicted molar refractivity (Wildman–Crippen MR) is 115 cm³/mol. The van der Waals surface area contributed by atoms with E-state index in [-0.39, 0.29) is 17.2 Å². The lowest BCUT2D eigenvalue weighted by Gasteiger charge is -2.29. The highest BCUT2D eigenvalue weighted by Gasteiger charge is 2.32. The molecule has 1 aromatic heterocycles. The minimum atomic E-state index is -4.37. The first-order valence-electron chi connectivity index (χ1n) is 10.6. The van der Waals surface area contributed by atoms with Crippen molar-refractivity contribution in [2.45, 2.75) is 45.2 Å². The van der Waals surface area contributed by atoms with Crippen LogP contribution in [0.4, 0.5) is 19.0 Å². The van der Waals surface area contributed by atoms with E-state index < -0.39 is 11.7 Å². The van der Waals surface area contributed by atoms with Crippen LogP contribution in [0.15, 0.2) is 42.0 Å². The van der Waals surface area contributed by atoms with Gasteiger partial charge in [-0.25, -0.2) is 0 Å². The Kier molecular flexibility index (Phi) is 7.65. The molecule has 166 valence electrons. The van der Waals surface area contributed by atoms with E-state index >= 15 is 0 Å². The van der Waals surface area contributed by atoms with Crippen molar-refractivity contribution in [1.82, 2.24) is 15.5 Å². The summed E-state index contributed by atoms with van der Waals surface area (Å²) in [5, 5.41) is 11.0. The molecule has 1 saturated heterocycles. The third kappa shape index (κ3) is 6.29. The van der Waals surface area contributed by atoms with E-state index in [1.165, 1.54) is 12.1 Å². The first kappa shape index (κ1) is 22.8. The van der Waals surface area contributed by atoms with Gasteiger partial charge < -0.3 is 10.2 Å². The van der Waals surface area contributed by atoms with Crippen LogP contribution in [0.25, 0.3) is 6.08 Å². The highest BCUT2D eigenvalue weighted by Crippen LogP contribution is 2.33. The van der Waals surface area contributed by atoms with Gasteiger partial charge in [-0.1, -0.05) is 49.6 Å². The maximum absolute atomic E-state index is 13.2. The summed E-state index contributed by atoms with van der Waals surface area (Å²) in [6, 6.07) is 9.05. The minimum absolute atomic E-state index is 0.201. The van der Waals surface area contributed by atoms with Crippen LogP contribution in [0.1, 0.15) is 60.6 Å². The molecule has 5 nitrogen and oxygen atoms in total. The lowest BCUT2D eigenvalue weighted by atomic mass is 9.98. The second-order valence-electron chi connectivity index (χ2n) is 7.61. The molecule has 0 aliphatic carbocycles. The van der Waals surface area contributed by atoms with Gasteiger partial charge in [-0.3, -0.25) is 4.79 Å². The zero-order valence-corrected chi connectivity index (χ0v) is 17.6. The molecule has 1 fully saturated rings. The van der Waals surface area contributed by atoms with Gasteiger partial charge in [0.05, 0.1) is 5.56 Å². The molecule has 8 heteroatoms. The summed E-state index contributed by atoms with van der Waals surface area (Å²) in [5.74, 6) is 0.430. The highest BCUT2D eigenvalue weighted by molar-refractivity contribution is 5.92. The molecule has 0 radical (unpaired) electrons. The van der Waals surface area contributed by atoms with Crippen LogP contribution < -0.4 is 10.2 Å². The number of hydrogen-bond donors (Lipinski definition) is 1. The summed E-state index contributed by atoms with van der Waals surface area (Å²) in [6.07, 6.45) is 1.67. The fraction of sp³-hybridized carbons (Fsp3) is 0.435. The molecule has 0 spiro atoms. The molecule has 3 rings (SSSR count). The molecule has 0 saturated carbocycles. The fourth-order valence-electron chi connectivity index (χ4n) is 3.55. The van der Waals surface area contributed by atoms with E-state index in [9.17, 15) is 18.0 Å². The topological polar surface area (TPSA) is 58.1 Å². The number of halogens is 3. The van der Waals surface area contributed by atoms with Crippen LogP contribution in [0, 0.1) is 0 Å². The van der Waals surface area contributed by atoms with Gasteiger partial charge in [0.2, 0.25) is 0 Å². The van der Waals surface area contributed by atoms with Crippen molar-refractivity contribution in [2.75, 3.05) is 24.5 Å². The van der Waals surface area contributed by atoms with Gasteiger partial charge in [0, 0.05) is 19.6 Å². The van der Waals surface area contributed by atoms with Crippen molar-refractivity contribution < 1.29 is 18.0 Å². The summed E-state index contributed by atoms with van der Waals surface area (Å²) >= 11 is 0. The zero-order valence-electron chi connectivity index (χ0n) is 17.6. The predicted octanol–water partition coefficient (Wildman–Crippen LogP) is 5.10. The number of unbranched alkanes of at least 4 members (excludes halogenated alkanes) is 2. The summed E-state index contributed by atoms with van der Waals surface area (Å²) in [6.45, 7) is 4.00. The van der Waals surface area contributed by atoms with Crippen LogP contribution in [0.2, 0.25) is 0 Å². The van der Waals surface area contributed by atoms with E-state index in [2.05, 4.69) is 22.4 Å². The van der Waals surface area contributed by atoms with Crippen molar-refractivity contribution in [3.63, 3.8) is 0 Å². The monoisotopic (exact) mass is 432 g/mol. The number of piperidine rings is 1. The molecule has 1 amide bonds. The maximum atomic E-state index is 13.2. The Morgan fingerprint density at radius 1 is 1.10 bits per heavy atom. The summed E-state index contributed by atoms with van der Waals surface area (Å²) < 4.78 is 39.6. The average Bonchev–Trinajstić information content (AvgIpc) is 2.77. The molecule has 2 aromatic rings. The molecule has 2 heterocycles. The molecular weight excluding hydrogens is 405 g/mol. The molecule has 0 atom stereocenters. The summed E-state index contributed by atoms with van der Waals surface area (Å²) in [4.78, 5) is 14.1. The zero-order chi connectivity index (χ0) is 22.3. The van der Waals surface area contributed by atoms with E-state index in [1.807, 2.05) is 4.90 Å². The largest absolute Gasteiger partial charge is 0.416 e. The summed E-state index contributed by atoms with van der Waals surface area (Å²) in [7, 11) is 0. The lowest BCUT2D eigenvalue weighted by molar-refractivity contribution is -0.137. The first-order chi connectivity index (χ1) is 14.9.